The Kier molecular flexibility index (Phi) is 5.62. The van der Waals surface area contributed by atoms with Gasteiger partial charge in [-0.05, 0) is 25.3 Å². The van der Waals surface area contributed by atoms with Gasteiger partial charge in [0.1, 0.15) is 0 Å². The van der Waals surface area contributed by atoms with Gasteiger partial charge in [0.15, 0.2) is 0 Å². The van der Waals surface area contributed by atoms with Crippen LogP contribution in [0.5, 0.6) is 0 Å². The first-order chi connectivity index (χ1) is 7.22. The quantitative estimate of drug-likeness (QED) is 0.697. The fraction of sp³-hybridized carbons (Fsp3) is 1.00. The van der Waals surface area contributed by atoms with Crippen LogP contribution in [0.25, 0.3) is 0 Å². The topological polar surface area (TPSA) is 15.3 Å². The van der Waals surface area contributed by atoms with Crippen LogP contribution in [-0.2, 0) is 0 Å². The van der Waals surface area contributed by atoms with Gasteiger partial charge < -0.3 is 5.32 Å². The molecule has 2 heteroatoms. The molecule has 90 valence electrons. The van der Waals surface area contributed by atoms with E-state index in [-0.39, 0.29) is 0 Å². The first kappa shape index (κ1) is 13.0. The van der Waals surface area contributed by atoms with E-state index in [1.54, 1.807) is 0 Å². The van der Waals surface area contributed by atoms with Crippen LogP contribution >= 0.6 is 0 Å². The van der Waals surface area contributed by atoms with Gasteiger partial charge >= 0.3 is 0 Å². The second-order valence-electron chi connectivity index (χ2n) is 4.95. The molecule has 0 aromatic rings. The zero-order chi connectivity index (χ0) is 11.3. The van der Waals surface area contributed by atoms with Gasteiger partial charge in [0.25, 0.3) is 0 Å². The molecule has 1 aliphatic heterocycles. The Morgan fingerprint density at radius 1 is 1.20 bits per heavy atom. The van der Waals surface area contributed by atoms with Gasteiger partial charge in [0, 0.05) is 25.2 Å². The van der Waals surface area contributed by atoms with Gasteiger partial charge in [-0.1, -0.05) is 34.1 Å². The van der Waals surface area contributed by atoms with E-state index in [9.17, 15) is 0 Å². The largest absolute Gasteiger partial charge is 0.314 e. The molecule has 0 aliphatic carbocycles. The summed E-state index contributed by atoms with van der Waals surface area (Å²) in [6, 6.07) is 1.61. The molecule has 0 amide bonds. The molecule has 0 radical (unpaired) electrons. The maximum atomic E-state index is 3.38. The normalized spacial score (nSPS) is 21.4. The third-order valence-corrected chi connectivity index (χ3v) is 3.91. The third-order valence-electron chi connectivity index (χ3n) is 3.91. The molecule has 0 aromatic carbocycles. The molecule has 0 bridgehead atoms. The number of nitrogens with one attached hydrogen (secondary N) is 1. The van der Waals surface area contributed by atoms with E-state index < -0.39 is 0 Å². The second-order valence-corrected chi connectivity index (χ2v) is 4.95. The van der Waals surface area contributed by atoms with Crippen molar-refractivity contribution in [1.29, 1.82) is 0 Å². The molecule has 1 N–H and O–H groups in total. The number of hydrogen-bond donors (Lipinski definition) is 1. The molecule has 1 rings (SSSR count). The van der Waals surface area contributed by atoms with Gasteiger partial charge in [-0.25, -0.2) is 0 Å². The van der Waals surface area contributed by atoms with Crippen molar-refractivity contribution in [3.63, 3.8) is 0 Å². The van der Waals surface area contributed by atoms with Crippen LogP contribution in [0.3, 0.4) is 0 Å². The molecular weight excluding hydrogens is 184 g/mol. The summed E-state index contributed by atoms with van der Waals surface area (Å²) in [5, 5.41) is 3.38. The Bertz CT molecular complexity index is 166. The first-order valence-electron chi connectivity index (χ1n) is 6.69. The lowest BCUT2D eigenvalue weighted by Gasteiger charge is -2.43. The summed E-state index contributed by atoms with van der Waals surface area (Å²) < 4.78 is 0. The molecule has 1 aliphatic rings. The number of rotatable bonds is 7. The van der Waals surface area contributed by atoms with Crippen LogP contribution in [0.2, 0.25) is 0 Å². The summed E-state index contributed by atoms with van der Waals surface area (Å²) in [6.45, 7) is 12.9. The highest BCUT2D eigenvalue weighted by Gasteiger charge is 2.28. The Hall–Kier alpha value is -0.0800. The Labute approximate surface area is 95.4 Å². The molecule has 1 fully saturated rings. The average Bonchev–Trinajstić information content (AvgIpc) is 2.19. The fourth-order valence-corrected chi connectivity index (χ4v) is 2.49. The summed E-state index contributed by atoms with van der Waals surface area (Å²) in [6.07, 6.45) is 3.99. The predicted molar refractivity (Wildman–Crippen MR) is 67.2 cm³/mol. The molecule has 0 aromatic heterocycles. The molecule has 1 saturated heterocycles. The SMILES string of the molecule is CCC(C)CC(CC)N(CC)C1CNC1. The molecule has 2 nitrogen and oxygen atoms in total. The molecule has 2 atom stereocenters. The summed E-state index contributed by atoms with van der Waals surface area (Å²) in [5.41, 5.74) is 0. The Morgan fingerprint density at radius 2 is 1.87 bits per heavy atom. The van der Waals surface area contributed by atoms with Crippen molar-refractivity contribution >= 4 is 0 Å². The molecule has 0 saturated carbocycles. The van der Waals surface area contributed by atoms with Crippen LogP contribution in [-0.4, -0.2) is 36.6 Å². The maximum absolute atomic E-state index is 3.38. The summed E-state index contributed by atoms with van der Waals surface area (Å²) in [5.74, 6) is 0.872. The van der Waals surface area contributed by atoms with Crippen molar-refractivity contribution in [2.24, 2.45) is 5.92 Å². The van der Waals surface area contributed by atoms with E-state index in [4.69, 9.17) is 0 Å². The van der Waals surface area contributed by atoms with Crippen molar-refractivity contribution in [1.82, 2.24) is 10.2 Å². The minimum Gasteiger partial charge on any atom is -0.314 e. The number of likely N-dealkylation sites (N-methyl/N-ethyl adjacent to an activating group) is 1. The lowest BCUT2D eigenvalue weighted by atomic mass is 9.94. The zero-order valence-corrected chi connectivity index (χ0v) is 10.9. The molecule has 0 spiro atoms. The van der Waals surface area contributed by atoms with E-state index >= 15 is 0 Å². The highest BCUT2D eigenvalue weighted by atomic mass is 15.2. The van der Waals surface area contributed by atoms with Crippen LogP contribution in [0, 0.1) is 5.92 Å². The van der Waals surface area contributed by atoms with Gasteiger partial charge in [0.05, 0.1) is 0 Å². The van der Waals surface area contributed by atoms with Crippen LogP contribution in [0.15, 0.2) is 0 Å². The van der Waals surface area contributed by atoms with E-state index in [1.807, 2.05) is 0 Å². The smallest absolute Gasteiger partial charge is 0.0348 e. The number of hydrogen-bond acceptors (Lipinski definition) is 2. The van der Waals surface area contributed by atoms with Gasteiger partial charge in [-0.2, -0.15) is 0 Å². The maximum Gasteiger partial charge on any atom is 0.0348 e. The van der Waals surface area contributed by atoms with Crippen LogP contribution < -0.4 is 5.32 Å². The van der Waals surface area contributed by atoms with Crippen molar-refractivity contribution in [2.75, 3.05) is 19.6 Å². The Balaban J connectivity index is 2.45. The van der Waals surface area contributed by atoms with Crippen molar-refractivity contribution in [3.8, 4) is 0 Å². The lowest BCUT2D eigenvalue weighted by molar-refractivity contribution is 0.0845. The minimum absolute atomic E-state index is 0.803. The highest BCUT2D eigenvalue weighted by Crippen LogP contribution is 2.20. The predicted octanol–water partition coefficient (Wildman–Crippen LogP) is 2.49. The van der Waals surface area contributed by atoms with Crippen molar-refractivity contribution in [3.05, 3.63) is 0 Å². The number of nitrogens with zero attached hydrogens (tertiary/aromatic N) is 1. The Morgan fingerprint density at radius 3 is 2.20 bits per heavy atom. The van der Waals surface area contributed by atoms with E-state index in [1.165, 1.54) is 38.9 Å². The van der Waals surface area contributed by atoms with Gasteiger partial charge in [-0.15, -0.1) is 0 Å². The summed E-state index contributed by atoms with van der Waals surface area (Å²) >= 11 is 0. The standard InChI is InChI=1S/C13H28N2/c1-5-11(4)8-12(6-2)15(7-3)13-9-14-10-13/h11-14H,5-10H2,1-4H3. The molecular formula is C13H28N2. The van der Waals surface area contributed by atoms with E-state index in [0.717, 1.165) is 18.0 Å². The van der Waals surface area contributed by atoms with Crippen molar-refractivity contribution in [2.45, 2.75) is 59.0 Å². The first-order valence-corrected chi connectivity index (χ1v) is 6.69. The molecule has 2 unspecified atom stereocenters. The zero-order valence-electron chi connectivity index (χ0n) is 10.9. The average molecular weight is 212 g/mol. The minimum atomic E-state index is 0.803. The lowest BCUT2D eigenvalue weighted by Crippen LogP contribution is -2.59. The summed E-state index contributed by atoms with van der Waals surface area (Å²) in [4.78, 5) is 2.71. The fourth-order valence-electron chi connectivity index (χ4n) is 2.49. The molecule has 15 heavy (non-hydrogen) atoms. The van der Waals surface area contributed by atoms with E-state index in [2.05, 4.69) is 37.9 Å². The second kappa shape index (κ2) is 6.49. The van der Waals surface area contributed by atoms with Gasteiger partial charge in [0.2, 0.25) is 0 Å². The van der Waals surface area contributed by atoms with Crippen LogP contribution in [0.4, 0.5) is 0 Å². The summed E-state index contributed by atoms with van der Waals surface area (Å²) in [7, 11) is 0. The van der Waals surface area contributed by atoms with E-state index in [0.29, 0.717) is 0 Å². The van der Waals surface area contributed by atoms with Crippen LogP contribution in [0.1, 0.15) is 47.0 Å². The third kappa shape index (κ3) is 3.46. The highest BCUT2D eigenvalue weighted by molar-refractivity contribution is 4.88. The van der Waals surface area contributed by atoms with Gasteiger partial charge in [-0.3, -0.25) is 4.90 Å². The monoisotopic (exact) mass is 212 g/mol. The molecule has 1 heterocycles. The van der Waals surface area contributed by atoms with Crippen molar-refractivity contribution < 1.29 is 0 Å².